The van der Waals surface area contributed by atoms with Gasteiger partial charge in [-0.15, -0.1) is 0 Å². The summed E-state index contributed by atoms with van der Waals surface area (Å²) in [7, 11) is 0. The Morgan fingerprint density at radius 3 is 2.34 bits per heavy atom. The second kappa shape index (κ2) is 10.3. The van der Waals surface area contributed by atoms with Gasteiger partial charge in [0.05, 0.1) is 0 Å². The predicted molar refractivity (Wildman–Crippen MR) is 120 cm³/mol. The van der Waals surface area contributed by atoms with Crippen LogP contribution >= 0.6 is 0 Å². The maximum absolute atomic E-state index is 12.4. The number of benzene rings is 2. The van der Waals surface area contributed by atoms with E-state index in [1.165, 1.54) is 11.3 Å². The highest BCUT2D eigenvalue weighted by Crippen LogP contribution is 2.21. The summed E-state index contributed by atoms with van der Waals surface area (Å²) in [5.41, 5.74) is 4.62. The first kappa shape index (κ1) is 20.4. The van der Waals surface area contributed by atoms with Gasteiger partial charge in [0.1, 0.15) is 5.69 Å². The van der Waals surface area contributed by atoms with Crippen LogP contribution in [0.1, 0.15) is 29.9 Å². The molecule has 3 rings (SSSR count). The maximum Gasteiger partial charge on any atom is 0.269 e. The number of nitrogens with one attached hydrogen (secondary N) is 2. The van der Waals surface area contributed by atoms with E-state index in [0.717, 1.165) is 30.9 Å². The van der Waals surface area contributed by atoms with E-state index in [2.05, 4.69) is 58.6 Å². The molecule has 0 aliphatic heterocycles. The Morgan fingerprint density at radius 2 is 1.66 bits per heavy atom. The molecule has 0 aliphatic carbocycles. The van der Waals surface area contributed by atoms with Gasteiger partial charge in [0.25, 0.3) is 5.91 Å². The molecule has 5 nitrogen and oxygen atoms in total. The number of hydrogen-bond donors (Lipinski definition) is 2. The molecule has 5 heteroatoms. The first-order chi connectivity index (χ1) is 14.2. The zero-order chi connectivity index (χ0) is 20.5. The highest BCUT2D eigenvalue weighted by atomic mass is 16.1. The lowest BCUT2D eigenvalue weighted by Crippen LogP contribution is -2.26. The van der Waals surface area contributed by atoms with E-state index in [4.69, 9.17) is 0 Å². The van der Waals surface area contributed by atoms with Crippen LogP contribution in [0.5, 0.6) is 0 Å². The van der Waals surface area contributed by atoms with Crippen LogP contribution in [0.4, 0.5) is 17.1 Å². The van der Waals surface area contributed by atoms with Gasteiger partial charge in [0.15, 0.2) is 0 Å². The molecule has 29 heavy (non-hydrogen) atoms. The topological polar surface area (TPSA) is 57.3 Å². The van der Waals surface area contributed by atoms with Gasteiger partial charge in [-0.25, -0.2) is 0 Å². The number of rotatable bonds is 9. The molecule has 2 N–H and O–H groups in total. The van der Waals surface area contributed by atoms with Gasteiger partial charge < -0.3 is 15.5 Å². The molecule has 0 bridgehead atoms. The van der Waals surface area contributed by atoms with Crippen LogP contribution in [0.2, 0.25) is 0 Å². The molecule has 0 saturated carbocycles. The lowest BCUT2D eigenvalue weighted by molar-refractivity contribution is 0.0949. The fraction of sp³-hybridized carbons (Fsp3) is 0.250. The number of hydrogen-bond acceptors (Lipinski definition) is 4. The normalized spacial score (nSPS) is 10.4. The van der Waals surface area contributed by atoms with E-state index >= 15 is 0 Å². The largest absolute Gasteiger partial charge is 0.372 e. The summed E-state index contributed by atoms with van der Waals surface area (Å²) in [6, 6.07) is 22.0. The average molecular weight is 389 g/mol. The monoisotopic (exact) mass is 388 g/mol. The summed E-state index contributed by atoms with van der Waals surface area (Å²) < 4.78 is 0. The Bertz CT molecular complexity index is 906. The molecule has 0 fully saturated rings. The first-order valence-electron chi connectivity index (χ1n) is 10.1. The number of amides is 1. The standard InChI is InChI=1S/C24H28N4O/c1-3-28(4-2)22-12-10-20(11-13-22)27-21-15-17-25-23(18-21)24(29)26-16-14-19-8-6-5-7-9-19/h5-13,15,17-18H,3-4,14,16H2,1-2H3,(H,25,27)(H,26,29). The molecule has 0 spiro atoms. The maximum atomic E-state index is 12.4. The number of pyridine rings is 1. The highest BCUT2D eigenvalue weighted by Gasteiger charge is 2.08. The van der Waals surface area contributed by atoms with Gasteiger partial charge in [-0.05, 0) is 62.2 Å². The minimum absolute atomic E-state index is 0.165. The van der Waals surface area contributed by atoms with E-state index < -0.39 is 0 Å². The van der Waals surface area contributed by atoms with Gasteiger partial charge in [-0.3, -0.25) is 9.78 Å². The molecule has 1 aromatic heterocycles. The van der Waals surface area contributed by atoms with Crippen LogP contribution in [0.15, 0.2) is 72.9 Å². The predicted octanol–water partition coefficient (Wildman–Crippen LogP) is 4.64. The fourth-order valence-electron chi connectivity index (χ4n) is 3.20. The van der Waals surface area contributed by atoms with Crippen LogP contribution in [0.25, 0.3) is 0 Å². The van der Waals surface area contributed by atoms with Gasteiger partial charge in [-0.1, -0.05) is 30.3 Å². The van der Waals surface area contributed by atoms with Crippen LogP contribution in [0.3, 0.4) is 0 Å². The summed E-state index contributed by atoms with van der Waals surface area (Å²) in [6.45, 7) is 6.85. The minimum atomic E-state index is -0.165. The number of carbonyl (C=O) groups excluding carboxylic acids is 1. The van der Waals surface area contributed by atoms with Crippen molar-refractivity contribution >= 4 is 23.0 Å². The van der Waals surface area contributed by atoms with Crippen LogP contribution < -0.4 is 15.5 Å². The van der Waals surface area contributed by atoms with Crippen molar-refractivity contribution in [2.75, 3.05) is 29.9 Å². The third kappa shape index (κ3) is 5.82. The summed E-state index contributed by atoms with van der Waals surface area (Å²) in [4.78, 5) is 18.9. The molecule has 0 unspecified atom stereocenters. The van der Waals surface area contributed by atoms with Crippen molar-refractivity contribution < 1.29 is 4.79 Å². The van der Waals surface area contributed by atoms with Gasteiger partial charge in [0, 0.05) is 42.9 Å². The van der Waals surface area contributed by atoms with Crippen LogP contribution in [-0.4, -0.2) is 30.5 Å². The second-order valence-electron chi connectivity index (χ2n) is 6.77. The molecule has 0 saturated heterocycles. The molecular weight excluding hydrogens is 360 g/mol. The molecule has 1 amide bonds. The smallest absolute Gasteiger partial charge is 0.269 e. The van der Waals surface area contributed by atoms with E-state index in [9.17, 15) is 4.79 Å². The third-order valence-electron chi connectivity index (χ3n) is 4.82. The zero-order valence-corrected chi connectivity index (χ0v) is 17.1. The number of carbonyl (C=O) groups is 1. The van der Waals surface area contributed by atoms with Crippen molar-refractivity contribution in [2.24, 2.45) is 0 Å². The number of anilines is 3. The zero-order valence-electron chi connectivity index (χ0n) is 17.1. The summed E-state index contributed by atoms with van der Waals surface area (Å²) in [6.07, 6.45) is 2.45. The van der Waals surface area contributed by atoms with E-state index in [1.54, 1.807) is 12.3 Å². The van der Waals surface area contributed by atoms with E-state index in [1.807, 2.05) is 36.4 Å². The Balaban J connectivity index is 1.58. The van der Waals surface area contributed by atoms with Crippen molar-refractivity contribution in [3.63, 3.8) is 0 Å². The van der Waals surface area contributed by atoms with E-state index in [0.29, 0.717) is 12.2 Å². The molecule has 2 aromatic carbocycles. The molecule has 3 aromatic rings. The van der Waals surface area contributed by atoms with Crippen molar-refractivity contribution in [2.45, 2.75) is 20.3 Å². The second-order valence-corrected chi connectivity index (χ2v) is 6.77. The third-order valence-corrected chi connectivity index (χ3v) is 4.82. The number of nitrogens with zero attached hydrogens (tertiary/aromatic N) is 2. The number of aromatic nitrogens is 1. The van der Waals surface area contributed by atoms with Crippen molar-refractivity contribution in [1.29, 1.82) is 0 Å². The lowest BCUT2D eigenvalue weighted by atomic mass is 10.1. The molecule has 0 radical (unpaired) electrons. The van der Waals surface area contributed by atoms with Crippen molar-refractivity contribution in [1.82, 2.24) is 10.3 Å². The van der Waals surface area contributed by atoms with Crippen LogP contribution in [-0.2, 0) is 6.42 Å². The van der Waals surface area contributed by atoms with E-state index in [-0.39, 0.29) is 5.91 Å². The minimum Gasteiger partial charge on any atom is -0.372 e. The van der Waals surface area contributed by atoms with Crippen molar-refractivity contribution in [3.05, 3.63) is 84.2 Å². The quantitative estimate of drug-likeness (QED) is 0.560. The molecule has 0 atom stereocenters. The Morgan fingerprint density at radius 1 is 0.931 bits per heavy atom. The summed E-state index contributed by atoms with van der Waals surface area (Å²) >= 11 is 0. The summed E-state index contributed by atoms with van der Waals surface area (Å²) in [5, 5.41) is 6.28. The van der Waals surface area contributed by atoms with Gasteiger partial charge >= 0.3 is 0 Å². The Labute approximate surface area is 172 Å². The summed E-state index contributed by atoms with van der Waals surface area (Å²) in [5.74, 6) is -0.165. The van der Waals surface area contributed by atoms with Gasteiger partial charge in [0.2, 0.25) is 0 Å². The van der Waals surface area contributed by atoms with Crippen LogP contribution in [0, 0.1) is 0 Å². The molecule has 1 heterocycles. The lowest BCUT2D eigenvalue weighted by Gasteiger charge is -2.21. The molecule has 150 valence electrons. The molecule has 0 aliphatic rings. The van der Waals surface area contributed by atoms with Crippen molar-refractivity contribution in [3.8, 4) is 0 Å². The Kier molecular flexibility index (Phi) is 7.22. The molecular formula is C24H28N4O. The Hall–Kier alpha value is -3.34. The average Bonchev–Trinajstić information content (AvgIpc) is 2.76. The SMILES string of the molecule is CCN(CC)c1ccc(Nc2ccnc(C(=O)NCCc3ccccc3)c2)cc1. The highest BCUT2D eigenvalue weighted by molar-refractivity contribution is 5.93. The first-order valence-corrected chi connectivity index (χ1v) is 10.1. The van der Waals surface area contributed by atoms with Gasteiger partial charge in [-0.2, -0.15) is 0 Å². The fourth-order valence-corrected chi connectivity index (χ4v) is 3.20.